The number of anilines is 1. The number of halogens is 2. The Kier molecular flexibility index (Phi) is 7.72. The lowest BCUT2D eigenvalue weighted by Crippen LogP contribution is -2.38. The van der Waals surface area contributed by atoms with E-state index in [2.05, 4.69) is 6.08 Å². The third-order valence-electron chi connectivity index (χ3n) is 6.16. The van der Waals surface area contributed by atoms with Crippen LogP contribution < -0.4 is 4.31 Å². The number of rotatable bonds is 8. The molecule has 1 fully saturated rings. The molecule has 0 bridgehead atoms. The number of allylic oxidation sites excluding steroid dienone is 2. The molecule has 0 heterocycles. The maximum atomic E-state index is 13.4. The zero-order chi connectivity index (χ0) is 20.7. The number of benzene rings is 1. The second-order valence-electron chi connectivity index (χ2n) is 8.55. The van der Waals surface area contributed by atoms with Gasteiger partial charge in [-0.3, -0.25) is 4.31 Å². The molecule has 3 rings (SSSR count). The Morgan fingerprint density at radius 1 is 1.03 bits per heavy atom. The van der Waals surface area contributed by atoms with Gasteiger partial charge in [-0.15, -0.1) is 0 Å². The molecule has 0 unspecified atom stereocenters. The largest absolute Gasteiger partial charge is 0.270 e. The summed E-state index contributed by atoms with van der Waals surface area (Å²) in [6.07, 6.45) is 10.2. The van der Waals surface area contributed by atoms with Crippen LogP contribution in [0, 0.1) is 5.92 Å². The van der Waals surface area contributed by atoms with Crippen molar-refractivity contribution >= 4 is 15.7 Å². The minimum absolute atomic E-state index is 0.0410. The standard InChI is InChI=1S/C23H33F2NO2S/c24-23(25)16-14-21(15-17-23)19-29(27,28)26(22-12-6-3-7-13-22)18-8-11-20-9-4-1-2-5-10-20/h3,6-7,9,12-13,21H,1-2,4-5,8,10-11,14-19H2. The van der Waals surface area contributed by atoms with Crippen LogP contribution in [0.15, 0.2) is 42.0 Å². The van der Waals surface area contributed by atoms with Gasteiger partial charge >= 0.3 is 0 Å². The zero-order valence-corrected chi connectivity index (χ0v) is 18.0. The number of nitrogens with zero attached hydrogens (tertiary/aromatic N) is 1. The second kappa shape index (κ2) is 10.1. The van der Waals surface area contributed by atoms with Gasteiger partial charge in [0.2, 0.25) is 15.9 Å². The number of alkyl halides is 2. The molecule has 0 spiro atoms. The topological polar surface area (TPSA) is 37.4 Å². The van der Waals surface area contributed by atoms with Crippen LogP contribution in [0.2, 0.25) is 0 Å². The van der Waals surface area contributed by atoms with E-state index in [0.29, 0.717) is 12.2 Å². The van der Waals surface area contributed by atoms with Gasteiger partial charge in [-0.05, 0) is 69.4 Å². The van der Waals surface area contributed by atoms with Gasteiger partial charge in [0.15, 0.2) is 0 Å². The number of hydrogen-bond donors (Lipinski definition) is 0. The van der Waals surface area contributed by atoms with Crippen LogP contribution >= 0.6 is 0 Å². The Morgan fingerprint density at radius 3 is 2.48 bits per heavy atom. The molecule has 1 aromatic rings. The highest BCUT2D eigenvalue weighted by Gasteiger charge is 2.37. The maximum Gasteiger partial charge on any atom is 0.248 e. The van der Waals surface area contributed by atoms with E-state index in [-0.39, 0.29) is 37.4 Å². The van der Waals surface area contributed by atoms with Crippen LogP contribution in [-0.4, -0.2) is 26.6 Å². The Bertz CT molecular complexity index is 767. The summed E-state index contributed by atoms with van der Waals surface area (Å²) in [7, 11) is -3.55. The first kappa shape index (κ1) is 22.3. The van der Waals surface area contributed by atoms with Gasteiger partial charge in [-0.25, -0.2) is 17.2 Å². The first-order valence-corrected chi connectivity index (χ1v) is 12.6. The first-order chi connectivity index (χ1) is 13.9. The Hall–Kier alpha value is -1.43. The first-order valence-electron chi connectivity index (χ1n) is 11.0. The van der Waals surface area contributed by atoms with Crippen molar-refractivity contribution in [3.63, 3.8) is 0 Å². The molecule has 0 saturated heterocycles. The lowest BCUT2D eigenvalue weighted by atomic mass is 9.88. The van der Waals surface area contributed by atoms with Gasteiger partial charge < -0.3 is 0 Å². The molecule has 3 nitrogen and oxygen atoms in total. The average molecular weight is 426 g/mol. The van der Waals surface area contributed by atoms with Crippen LogP contribution in [0.3, 0.4) is 0 Å². The molecule has 6 heteroatoms. The molecule has 0 N–H and O–H groups in total. The van der Waals surface area contributed by atoms with Crippen molar-refractivity contribution in [1.29, 1.82) is 0 Å². The molecular formula is C23H33F2NO2S. The lowest BCUT2D eigenvalue weighted by molar-refractivity contribution is -0.0435. The van der Waals surface area contributed by atoms with Crippen molar-refractivity contribution in [3.05, 3.63) is 42.0 Å². The molecule has 29 heavy (non-hydrogen) atoms. The van der Waals surface area contributed by atoms with Gasteiger partial charge in [0.25, 0.3) is 0 Å². The van der Waals surface area contributed by atoms with Gasteiger partial charge in [0.1, 0.15) is 0 Å². The van der Waals surface area contributed by atoms with E-state index in [1.54, 1.807) is 0 Å². The SMILES string of the molecule is O=S(=O)(CC1CCC(F)(F)CC1)N(CCCC1=CCCCCC1)c1ccccc1. The average Bonchev–Trinajstić information content (AvgIpc) is 2.96. The molecule has 0 radical (unpaired) electrons. The minimum atomic E-state index is -3.55. The van der Waals surface area contributed by atoms with Crippen LogP contribution in [-0.2, 0) is 10.0 Å². The van der Waals surface area contributed by atoms with Crippen molar-refractivity contribution in [3.8, 4) is 0 Å². The normalized spacial score (nSPS) is 20.7. The molecule has 0 amide bonds. The van der Waals surface area contributed by atoms with Crippen LogP contribution in [0.1, 0.15) is 70.6 Å². The van der Waals surface area contributed by atoms with E-state index in [9.17, 15) is 17.2 Å². The molecule has 2 aliphatic carbocycles. The molecule has 162 valence electrons. The van der Waals surface area contributed by atoms with Crippen molar-refractivity contribution in [2.24, 2.45) is 5.92 Å². The summed E-state index contributed by atoms with van der Waals surface area (Å²) < 4.78 is 54.8. The summed E-state index contributed by atoms with van der Waals surface area (Å²) in [4.78, 5) is 0. The third-order valence-corrected chi connectivity index (χ3v) is 8.11. The van der Waals surface area contributed by atoms with Crippen molar-refractivity contribution in [2.75, 3.05) is 16.6 Å². The summed E-state index contributed by atoms with van der Waals surface area (Å²) in [5.74, 6) is -2.86. The Morgan fingerprint density at radius 2 is 1.76 bits per heavy atom. The molecular weight excluding hydrogens is 392 g/mol. The van der Waals surface area contributed by atoms with Gasteiger partial charge in [0.05, 0.1) is 11.4 Å². The van der Waals surface area contributed by atoms with E-state index in [0.717, 1.165) is 25.7 Å². The summed E-state index contributed by atoms with van der Waals surface area (Å²) in [5, 5.41) is 0. The fourth-order valence-corrected chi connectivity index (χ4v) is 6.39. The summed E-state index contributed by atoms with van der Waals surface area (Å²) in [6, 6.07) is 9.18. The fourth-order valence-electron chi connectivity index (χ4n) is 4.44. The fraction of sp³-hybridized carbons (Fsp3) is 0.652. The van der Waals surface area contributed by atoms with Crippen molar-refractivity contribution in [2.45, 2.75) is 76.6 Å². The highest BCUT2D eigenvalue weighted by atomic mass is 32.2. The predicted molar refractivity (Wildman–Crippen MR) is 115 cm³/mol. The van der Waals surface area contributed by atoms with E-state index < -0.39 is 15.9 Å². The molecule has 0 atom stereocenters. The number of sulfonamides is 1. The molecule has 2 aliphatic rings. The van der Waals surface area contributed by atoms with E-state index in [1.165, 1.54) is 29.1 Å². The van der Waals surface area contributed by atoms with E-state index >= 15 is 0 Å². The maximum absolute atomic E-state index is 13.4. The van der Waals surface area contributed by atoms with E-state index in [4.69, 9.17) is 0 Å². The van der Waals surface area contributed by atoms with Crippen LogP contribution in [0.4, 0.5) is 14.5 Å². The van der Waals surface area contributed by atoms with Crippen LogP contribution in [0.25, 0.3) is 0 Å². The minimum Gasteiger partial charge on any atom is -0.270 e. The quantitative estimate of drug-likeness (QED) is 0.457. The zero-order valence-electron chi connectivity index (χ0n) is 17.2. The van der Waals surface area contributed by atoms with Gasteiger partial charge in [-0.1, -0.05) is 36.3 Å². The second-order valence-corrected chi connectivity index (χ2v) is 10.5. The highest BCUT2D eigenvalue weighted by molar-refractivity contribution is 7.92. The summed E-state index contributed by atoms with van der Waals surface area (Å²) >= 11 is 0. The third kappa shape index (κ3) is 6.80. The van der Waals surface area contributed by atoms with E-state index in [1.807, 2.05) is 30.3 Å². The Balaban J connectivity index is 1.65. The number of hydrogen-bond acceptors (Lipinski definition) is 2. The molecule has 0 aromatic heterocycles. The summed E-state index contributed by atoms with van der Waals surface area (Å²) in [5.41, 5.74) is 2.12. The van der Waals surface area contributed by atoms with Crippen molar-refractivity contribution in [1.82, 2.24) is 0 Å². The summed E-state index contributed by atoms with van der Waals surface area (Å²) in [6.45, 7) is 0.437. The molecule has 1 saturated carbocycles. The smallest absolute Gasteiger partial charge is 0.248 e. The monoisotopic (exact) mass is 425 g/mol. The van der Waals surface area contributed by atoms with Crippen molar-refractivity contribution < 1.29 is 17.2 Å². The van der Waals surface area contributed by atoms with Gasteiger partial charge in [-0.2, -0.15) is 0 Å². The molecule has 0 aliphatic heterocycles. The highest BCUT2D eigenvalue weighted by Crippen LogP contribution is 2.37. The molecule has 1 aromatic carbocycles. The van der Waals surface area contributed by atoms with Gasteiger partial charge in [0, 0.05) is 19.4 Å². The lowest BCUT2D eigenvalue weighted by Gasteiger charge is -2.31. The van der Waals surface area contributed by atoms with Crippen LogP contribution in [0.5, 0.6) is 0 Å². The number of para-hydroxylation sites is 1. The Labute approximate surface area is 174 Å². The predicted octanol–water partition coefficient (Wildman–Crippen LogP) is 6.32.